The second-order valence-electron chi connectivity index (χ2n) is 12.3. The van der Waals surface area contributed by atoms with Crippen LogP contribution in [0.3, 0.4) is 0 Å². The van der Waals surface area contributed by atoms with E-state index in [1.54, 1.807) is 12.4 Å². The maximum Gasteiger partial charge on any atom is 0.435 e. The molecule has 0 aliphatic rings. The topological polar surface area (TPSA) is 114 Å². The molecular formula is C33H40N4O6. The van der Waals surface area contributed by atoms with Gasteiger partial charge in [-0.25, -0.2) is 9.59 Å². The second kappa shape index (κ2) is 13.2. The number of nitrogens with zero attached hydrogens (tertiary/aromatic N) is 3. The zero-order valence-electron chi connectivity index (χ0n) is 25.8. The summed E-state index contributed by atoms with van der Waals surface area (Å²) in [5, 5.41) is 8.09. The number of aromatic nitrogens is 3. The van der Waals surface area contributed by atoms with Gasteiger partial charge in [0, 0.05) is 17.1 Å². The fraction of sp³-hybridized carbons (Fsp3) is 0.394. The van der Waals surface area contributed by atoms with Crippen molar-refractivity contribution >= 4 is 23.1 Å². The second-order valence-corrected chi connectivity index (χ2v) is 12.3. The number of fused-ring (bicyclic) bond motifs is 1. The molecule has 0 saturated heterocycles. The summed E-state index contributed by atoms with van der Waals surface area (Å²) in [7, 11) is 0. The van der Waals surface area contributed by atoms with Gasteiger partial charge in [-0.3, -0.25) is 4.98 Å². The Hall–Kier alpha value is -4.44. The molecule has 0 radical (unpaired) electrons. The molecule has 1 unspecified atom stereocenters. The Kier molecular flexibility index (Phi) is 9.70. The first-order valence-electron chi connectivity index (χ1n) is 14.2. The van der Waals surface area contributed by atoms with Crippen molar-refractivity contribution in [2.24, 2.45) is 0 Å². The molecule has 0 aliphatic carbocycles. The van der Waals surface area contributed by atoms with Gasteiger partial charge in [-0.1, -0.05) is 36.4 Å². The van der Waals surface area contributed by atoms with Gasteiger partial charge < -0.3 is 24.3 Å². The Morgan fingerprint density at radius 2 is 1.60 bits per heavy atom. The molecule has 10 heteroatoms. The van der Waals surface area contributed by atoms with Crippen molar-refractivity contribution in [3.05, 3.63) is 78.2 Å². The van der Waals surface area contributed by atoms with Crippen LogP contribution in [0.15, 0.2) is 67.0 Å². The third-order valence-electron chi connectivity index (χ3n) is 6.08. The molecule has 2 heterocycles. The number of hydrogen-bond donors (Lipinski definition) is 1. The minimum atomic E-state index is -0.637. The Bertz CT molecular complexity index is 1550. The summed E-state index contributed by atoms with van der Waals surface area (Å²) in [5.41, 5.74) is 2.82. The average Bonchev–Trinajstić information content (AvgIpc) is 3.26. The van der Waals surface area contributed by atoms with Crippen LogP contribution in [0.25, 0.3) is 22.0 Å². The highest BCUT2D eigenvalue weighted by Gasteiger charge is 2.22. The number of nitrogens with one attached hydrogen (secondary N) is 1. The number of carbonyl (C=O) groups is 2. The highest BCUT2D eigenvalue weighted by molar-refractivity contribution is 5.92. The van der Waals surface area contributed by atoms with Crippen molar-refractivity contribution in [3.63, 3.8) is 0 Å². The molecular weight excluding hydrogens is 548 g/mol. The minimum absolute atomic E-state index is 0.139. The van der Waals surface area contributed by atoms with Crippen LogP contribution in [0.1, 0.15) is 52.8 Å². The fourth-order valence-electron chi connectivity index (χ4n) is 4.24. The van der Waals surface area contributed by atoms with Crippen molar-refractivity contribution in [2.45, 2.75) is 72.3 Å². The summed E-state index contributed by atoms with van der Waals surface area (Å²) in [6.45, 7) is 13.5. The van der Waals surface area contributed by atoms with Crippen molar-refractivity contribution in [1.29, 1.82) is 0 Å². The van der Waals surface area contributed by atoms with E-state index in [0.29, 0.717) is 23.6 Å². The smallest absolute Gasteiger partial charge is 0.435 e. The monoisotopic (exact) mass is 588 g/mol. The van der Waals surface area contributed by atoms with E-state index in [0.717, 1.165) is 22.1 Å². The SMILES string of the molecule is Cc1nn(C(=O)OC(C)(C)C)c2ccc(-c3cncc(OCC(COCc4ccccc4)NC(=O)OC(C)(C)C)c3)cc12. The molecule has 1 amide bonds. The zero-order valence-corrected chi connectivity index (χ0v) is 25.8. The first-order valence-corrected chi connectivity index (χ1v) is 14.2. The van der Waals surface area contributed by atoms with E-state index in [-0.39, 0.29) is 13.2 Å². The lowest BCUT2D eigenvalue weighted by Crippen LogP contribution is -2.44. The van der Waals surface area contributed by atoms with E-state index in [1.807, 2.05) is 103 Å². The number of alkyl carbamates (subject to hydrolysis) is 1. The number of rotatable bonds is 9. The summed E-state index contributed by atoms with van der Waals surface area (Å²) in [4.78, 5) is 29.6. The number of hydrogen-bond acceptors (Lipinski definition) is 8. The van der Waals surface area contributed by atoms with Crippen molar-refractivity contribution in [1.82, 2.24) is 20.1 Å². The largest absolute Gasteiger partial charge is 0.490 e. The molecule has 2 aromatic carbocycles. The van der Waals surface area contributed by atoms with E-state index in [4.69, 9.17) is 18.9 Å². The van der Waals surface area contributed by atoms with Gasteiger partial charge in [0.05, 0.1) is 36.7 Å². The van der Waals surface area contributed by atoms with Crippen LogP contribution in [-0.2, 0) is 20.8 Å². The molecule has 10 nitrogen and oxygen atoms in total. The van der Waals surface area contributed by atoms with E-state index in [1.165, 1.54) is 4.68 Å². The van der Waals surface area contributed by atoms with Crippen molar-refractivity contribution in [3.8, 4) is 16.9 Å². The molecule has 1 N–H and O–H groups in total. The summed E-state index contributed by atoms with van der Waals surface area (Å²) in [5.74, 6) is 0.526. The van der Waals surface area contributed by atoms with Gasteiger partial charge in [-0.15, -0.1) is 0 Å². The third-order valence-corrected chi connectivity index (χ3v) is 6.08. The quantitative estimate of drug-likeness (QED) is 0.230. The summed E-state index contributed by atoms with van der Waals surface area (Å²) in [6, 6.07) is 16.9. The predicted molar refractivity (Wildman–Crippen MR) is 164 cm³/mol. The lowest BCUT2D eigenvalue weighted by atomic mass is 10.0. The fourth-order valence-corrected chi connectivity index (χ4v) is 4.24. The lowest BCUT2D eigenvalue weighted by Gasteiger charge is -2.24. The lowest BCUT2D eigenvalue weighted by molar-refractivity contribution is 0.0381. The van der Waals surface area contributed by atoms with Gasteiger partial charge in [-0.05, 0) is 77.8 Å². The van der Waals surface area contributed by atoms with Gasteiger partial charge in [0.15, 0.2) is 0 Å². The van der Waals surface area contributed by atoms with Gasteiger partial charge >= 0.3 is 12.2 Å². The number of ether oxygens (including phenoxy) is 4. The molecule has 0 aliphatic heterocycles. The summed E-state index contributed by atoms with van der Waals surface area (Å²) in [6.07, 6.45) is 2.27. The van der Waals surface area contributed by atoms with Crippen LogP contribution < -0.4 is 10.1 Å². The average molecular weight is 589 g/mol. The maximum absolute atomic E-state index is 12.7. The molecule has 0 saturated carbocycles. The highest BCUT2D eigenvalue weighted by atomic mass is 16.6. The Labute approximate surface area is 252 Å². The Balaban J connectivity index is 1.47. The predicted octanol–water partition coefficient (Wildman–Crippen LogP) is 6.68. The molecule has 0 bridgehead atoms. The molecule has 0 spiro atoms. The van der Waals surface area contributed by atoms with Gasteiger partial charge in [0.1, 0.15) is 23.6 Å². The maximum atomic E-state index is 12.7. The normalized spacial score (nSPS) is 12.5. The third kappa shape index (κ3) is 9.27. The summed E-state index contributed by atoms with van der Waals surface area (Å²) < 4.78 is 24.2. The van der Waals surface area contributed by atoms with Crippen LogP contribution in [0.5, 0.6) is 5.75 Å². The molecule has 228 valence electrons. The van der Waals surface area contributed by atoms with Crippen LogP contribution in [0.4, 0.5) is 9.59 Å². The molecule has 2 aromatic heterocycles. The number of aryl methyl sites for hydroxylation is 1. The van der Waals surface area contributed by atoms with Gasteiger partial charge in [0.25, 0.3) is 0 Å². The van der Waals surface area contributed by atoms with E-state index in [2.05, 4.69) is 15.4 Å². The van der Waals surface area contributed by atoms with Crippen LogP contribution >= 0.6 is 0 Å². The van der Waals surface area contributed by atoms with Crippen LogP contribution in [0, 0.1) is 6.92 Å². The van der Waals surface area contributed by atoms with E-state index in [9.17, 15) is 9.59 Å². The Morgan fingerprint density at radius 3 is 2.30 bits per heavy atom. The molecule has 1 atom stereocenters. The highest BCUT2D eigenvalue weighted by Crippen LogP contribution is 2.28. The van der Waals surface area contributed by atoms with Crippen molar-refractivity contribution in [2.75, 3.05) is 13.2 Å². The van der Waals surface area contributed by atoms with E-state index < -0.39 is 29.4 Å². The van der Waals surface area contributed by atoms with E-state index >= 15 is 0 Å². The van der Waals surface area contributed by atoms with Gasteiger partial charge in [-0.2, -0.15) is 9.78 Å². The summed E-state index contributed by atoms with van der Waals surface area (Å²) >= 11 is 0. The molecule has 4 aromatic rings. The van der Waals surface area contributed by atoms with Crippen LogP contribution in [-0.4, -0.2) is 57.4 Å². The number of carbonyl (C=O) groups excluding carboxylic acids is 2. The molecule has 4 rings (SSSR count). The van der Waals surface area contributed by atoms with Gasteiger partial charge in [0.2, 0.25) is 0 Å². The Morgan fingerprint density at radius 1 is 0.884 bits per heavy atom. The minimum Gasteiger partial charge on any atom is -0.490 e. The first kappa shape index (κ1) is 31.5. The number of pyridine rings is 1. The molecule has 0 fully saturated rings. The van der Waals surface area contributed by atoms with Crippen molar-refractivity contribution < 1.29 is 28.5 Å². The number of benzene rings is 2. The zero-order chi connectivity index (χ0) is 31.2. The first-order chi connectivity index (χ1) is 20.3. The molecule has 43 heavy (non-hydrogen) atoms. The number of amides is 1. The van der Waals surface area contributed by atoms with Crippen LogP contribution in [0.2, 0.25) is 0 Å². The standard InChI is InChI=1S/C33H40N4O6/c1-22-28-16-24(13-14-29(28)37(36-22)31(39)43-33(5,6)7)25-15-27(18-34-17-25)41-21-26(35-30(38)42-32(2,3)4)20-40-19-23-11-9-8-10-12-23/h8-18,26H,19-21H2,1-7H3,(H,35,38).